The van der Waals surface area contributed by atoms with Gasteiger partial charge in [0, 0.05) is 6.20 Å². The lowest BCUT2D eigenvalue weighted by molar-refractivity contribution is 0.102. The van der Waals surface area contributed by atoms with E-state index in [1.165, 1.54) is 6.20 Å². The number of nitrogens with one attached hydrogen (secondary N) is 1. The second kappa shape index (κ2) is 5.05. The highest BCUT2D eigenvalue weighted by Gasteiger charge is 2.11. The fraction of sp³-hybridized carbons (Fsp3) is 0.0667. The molecule has 0 spiro atoms. The van der Waals surface area contributed by atoms with Gasteiger partial charge in [-0.2, -0.15) is 0 Å². The summed E-state index contributed by atoms with van der Waals surface area (Å²) in [6.45, 7) is 1.88. The van der Waals surface area contributed by atoms with Crippen molar-refractivity contribution < 1.29 is 4.79 Å². The Morgan fingerprint density at radius 3 is 2.65 bits per heavy atom. The van der Waals surface area contributed by atoms with Crippen molar-refractivity contribution >= 4 is 22.8 Å². The van der Waals surface area contributed by atoms with E-state index in [1.54, 1.807) is 6.20 Å². The minimum Gasteiger partial charge on any atom is -0.305 e. The van der Waals surface area contributed by atoms with E-state index in [2.05, 4.69) is 20.3 Å². The van der Waals surface area contributed by atoms with Crippen LogP contribution in [0.2, 0.25) is 0 Å². The molecule has 0 saturated carbocycles. The molecule has 0 unspecified atom stereocenters. The average Bonchev–Trinajstić information content (AvgIpc) is 2.49. The van der Waals surface area contributed by atoms with E-state index in [9.17, 15) is 4.79 Å². The third-order valence-electron chi connectivity index (χ3n) is 2.92. The van der Waals surface area contributed by atoms with Crippen LogP contribution in [0.25, 0.3) is 11.0 Å². The Kier molecular flexibility index (Phi) is 3.09. The van der Waals surface area contributed by atoms with Gasteiger partial charge < -0.3 is 5.32 Å². The van der Waals surface area contributed by atoms with Crippen molar-refractivity contribution in [3.05, 3.63) is 60.0 Å². The van der Waals surface area contributed by atoms with Gasteiger partial charge in [0.1, 0.15) is 11.5 Å². The standard InChI is InChI=1S/C15H12N4O/c1-10-5-4-8-16-14(10)19-15(20)13-9-17-11-6-2-3-7-12(11)18-13/h2-9H,1H3,(H,16,19,20). The lowest BCUT2D eigenvalue weighted by atomic mass is 10.2. The Bertz CT molecular complexity index is 785. The molecule has 5 nitrogen and oxygen atoms in total. The van der Waals surface area contributed by atoms with E-state index in [0.717, 1.165) is 11.1 Å². The summed E-state index contributed by atoms with van der Waals surface area (Å²) in [6.07, 6.45) is 3.10. The van der Waals surface area contributed by atoms with Crippen molar-refractivity contribution in [1.82, 2.24) is 15.0 Å². The Morgan fingerprint density at radius 2 is 1.85 bits per heavy atom. The van der Waals surface area contributed by atoms with Gasteiger partial charge in [-0.25, -0.2) is 9.97 Å². The summed E-state index contributed by atoms with van der Waals surface area (Å²) in [6, 6.07) is 11.1. The highest BCUT2D eigenvalue weighted by molar-refractivity contribution is 6.03. The summed E-state index contributed by atoms with van der Waals surface area (Å²) in [5, 5.41) is 2.74. The number of hydrogen-bond acceptors (Lipinski definition) is 4. The first kappa shape index (κ1) is 12.2. The number of carbonyl (C=O) groups excluding carboxylic acids is 1. The molecule has 5 heteroatoms. The molecule has 2 heterocycles. The molecule has 0 fully saturated rings. The van der Waals surface area contributed by atoms with Crippen LogP contribution < -0.4 is 5.32 Å². The zero-order valence-electron chi connectivity index (χ0n) is 10.9. The van der Waals surface area contributed by atoms with Gasteiger partial charge in [-0.05, 0) is 30.7 Å². The number of fused-ring (bicyclic) bond motifs is 1. The normalized spacial score (nSPS) is 10.4. The maximum Gasteiger partial charge on any atom is 0.277 e. The Balaban J connectivity index is 1.91. The molecule has 0 bridgehead atoms. The zero-order chi connectivity index (χ0) is 13.9. The fourth-order valence-electron chi connectivity index (χ4n) is 1.85. The molecule has 0 radical (unpaired) electrons. The topological polar surface area (TPSA) is 67.8 Å². The molecule has 0 atom stereocenters. The maximum absolute atomic E-state index is 12.2. The van der Waals surface area contributed by atoms with Gasteiger partial charge in [-0.3, -0.25) is 9.78 Å². The van der Waals surface area contributed by atoms with E-state index < -0.39 is 0 Å². The summed E-state index contributed by atoms with van der Waals surface area (Å²) in [7, 11) is 0. The molecule has 1 N–H and O–H groups in total. The van der Waals surface area contributed by atoms with Gasteiger partial charge in [-0.1, -0.05) is 18.2 Å². The number of rotatable bonds is 2. The van der Waals surface area contributed by atoms with E-state index in [4.69, 9.17) is 0 Å². The summed E-state index contributed by atoms with van der Waals surface area (Å²) in [5.74, 6) is 0.220. The van der Waals surface area contributed by atoms with Crippen LogP contribution in [0, 0.1) is 6.92 Å². The van der Waals surface area contributed by atoms with Crippen molar-refractivity contribution in [3.63, 3.8) is 0 Å². The summed E-state index contributed by atoms with van der Waals surface area (Å²) >= 11 is 0. The molecular formula is C15H12N4O. The van der Waals surface area contributed by atoms with Crippen molar-refractivity contribution in [2.45, 2.75) is 6.92 Å². The van der Waals surface area contributed by atoms with E-state index >= 15 is 0 Å². The van der Waals surface area contributed by atoms with E-state index in [1.807, 2.05) is 43.3 Å². The number of pyridine rings is 1. The predicted molar refractivity (Wildman–Crippen MR) is 76.5 cm³/mol. The molecule has 1 amide bonds. The highest BCUT2D eigenvalue weighted by Crippen LogP contribution is 2.12. The third-order valence-corrected chi connectivity index (χ3v) is 2.92. The molecule has 3 rings (SSSR count). The van der Waals surface area contributed by atoms with Crippen LogP contribution >= 0.6 is 0 Å². The molecule has 1 aromatic carbocycles. The smallest absolute Gasteiger partial charge is 0.277 e. The molecule has 98 valence electrons. The van der Waals surface area contributed by atoms with Crippen LogP contribution in [-0.4, -0.2) is 20.9 Å². The predicted octanol–water partition coefficient (Wildman–Crippen LogP) is 2.59. The van der Waals surface area contributed by atoms with Gasteiger partial charge in [0.05, 0.1) is 17.2 Å². The van der Waals surface area contributed by atoms with Crippen LogP contribution in [0.5, 0.6) is 0 Å². The Labute approximate surface area is 115 Å². The minimum absolute atomic E-state index is 0.272. The quantitative estimate of drug-likeness (QED) is 0.772. The van der Waals surface area contributed by atoms with Gasteiger partial charge in [0.25, 0.3) is 5.91 Å². The van der Waals surface area contributed by atoms with Gasteiger partial charge in [-0.15, -0.1) is 0 Å². The van der Waals surface area contributed by atoms with Crippen LogP contribution in [0.1, 0.15) is 16.1 Å². The number of hydrogen-bond donors (Lipinski definition) is 1. The van der Waals surface area contributed by atoms with Gasteiger partial charge in [0.15, 0.2) is 0 Å². The van der Waals surface area contributed by atoms with Crippen LogP contribution in [-0.2, 0) is 0 Å². The lowest BCUT2D eigenvalue weighted by Gasteiger charge is -2.06. The fourth-order valence-corrected chi connectivity index (χ4v) is 1.85. The third kappa shape index (κ3) is 2.33. The molecule has 20 heavy (non-hydrogen) atoms. The summed E-state index contributed by atoms with van der Waals surface area (Å²) in [5.41, 5.74) is 2.62. The number of amides is 1. The number of aromatic nitrogens is 3. The monoisotopic (exact) mass is 264 g/mol. The first-order chi connectivity index (χ1) is 9.74. The minimum atomic E-state index is -0.315. The lowest BCUT2D eigenvalue weighted by Crippen LogP contribution is -2.15. The van der Waals surface area contributed by atoms with Crippen molar-refractivity contribution in [2.24, 2.45) is 0 Å². The number of benzene rings is 1. The van der Waals surface area contributed by atoms with E-state index in [0.29, 0.717) is 11.3 Å². The van der Waals surface area contributed by atoms with Gasteiger partial charge >= 0.3 is 0 Å². The Hall–Kier alpha value is -2.82. The number of aryl methyl sites for hydroxylation is 1. The summed E-state index contributed by atoms with van der Waals surface area (Å²) < 4.78 is 0. The largest absolute Gasteiger partial charge is 0.305 e. The highest BCUT2D eigenvalue weighted by atomic mass is 16.1. The second-order valence-corrected chi connectivity index (χ2v) is 4.37. The van der Waals surface area contributed by atoms with Gasteiger partial charge in [0.2, 0.25) is 0 Å². The van der Waals surface area contributed by atoms with Crippen LogP contribution in [0.4, 0.5) is 5.82 Å². The molecule has 0 saturated heterocycles. The number of para-hydroxylation sites is 2. The SMILES string of the molecule is Cc1cccnc1NC(=O)c1cnc2ccccc2n1. The Morgan fingerprint density at radius 1 is 1.05 bits per heavy atom. The first-order valence-corrected chi connectivity index (χ1v) is 6.19. The van der Waals surface area contributed by atoms with Crippen molar-refractivity contribution in [2.75, 3.05) is 5.32 Å². The van der Waals surface area contributed by atoms with Crippen LogP contribution in [0.3, 0.4) is 0 Å². The van der Waals surface area contributed by atoms with Crippen molar-refractivity contribution in [3.8, 4) is 0 Å². The maximum atomic E-state index is 12.2. The van der Waals surface area contributed by atoms with E-state index in [-0.39, 0.29) is 11.6 Å². The number of nitrogens with zero attached hydrogens (tertiary/aromatic N) is 3. The molecule has 3 aromatic rings. The summed E-state index contributed by atoms with van der Waals surface area (Å²) in [4.78, 5) is 24.8. The molecule has 2 aromatic heterocycles. The number of carbonyl (C=O) groups is 1. The molecule has 0 aliphatic heterocycles. The molecule has 0 aliphatic rings. The zero-order valence-corrected chi connectivity index (χ0v) is 10.9. The van der Waals surface area contributed by atoms with Crippen LogP contribution in [0.15, 0.2) is 48.8 Å². The molecular weight excluding hydrogens is 252 g/mol. The number of anilines is 1. The first-order valence-electron chi connectivity index (χ1n) is 6.19. The average molecular weight is 264 g/mol. The van der Waals surface area contributed by atoms with Crippen molar-refractivity contribution in [1.29, 1.82) is 0 Å². The second-order valence-electron chi connectivity index (χ2n) is 4.37. The molecule has 0 aliphatic carbocycles.